The number of rotatable bonds is 25. The lowest BCUT2D eigenvalue weighted by atomic mass is 9.88. The normalized spacial score (nSPS) is 16.4. The second-order valence-electron chi connectivity index (χ2n) is 17.0. The van der Waals surface area contributed by atoms with E-state index in [9.17, 15) is 38.8 Å². The van der Waals surface area contributed by atoms with Gasteiger partial charge in [-0.3, -0.25) is 33.6 Å². The molecular formula is C52H67N5O7. The molecule has 1 fully saturated rings. The number of amides is 6. The number of imide groups is 2. The molecular weight excluding hydrogens is 807 g/mol. The third-order valence-electron chi connectivity index (χ3n) is 12.4. The zero-order valence-electron chi connectivity index (χ0n) is 39.0. The highest BCUT2D eigenvalue weighted by atomic mass is 16.2. The maximum absolute atomic E-state index is 14.3. The van der Waals surface area contributed by atoms with Gasteiger partial charge in [0.15, 0.2) is 0 Å². The quantitative estimate of drug-likeness (QED) is 0.0596. The van der Waals surface area contributed by atoms with Crippen LogP contribution in [0, 0.1) is 29.1 Å². The number of aryl methyl sites for hydroxylation is 4. The average molecular weight is 874 g/mol. The summed E-state index contributed by atoms with van der Waals surface area (Å²) in [6, 6.07) is 9.41. The molecule has 64 heavy (non-hydrogen) atoms. The molecule has 12 nitrogen and oxygen atoms in total. The molecule has 2 heterocycles. The Balaban J connectivity index is 1.36. The molecule has 4 atom stereocenters. The second kappa shape index (κ2) is 24.2. The van der Waals surface area contributed by atoms with Crippen molar-refractivity contribution in [3.05, 3.63) is 94.6 Å². The van der Waals surface area contributed by atoms with E-state index in [4.69, 9.17) is 0 Å². The number of hydrogen-bond acceptors (Lipinski definition) is 8. The van der Waals surface area contributed by atoms with Crippen molar-refractivity contribution in [3.8, 4) is 6.07 Å². The Morgan fingerprint density at radius 3 is 1.89 bits per heavy atom. The molecule has 342 valence electrons. The van der Waals surface area contributed by atoms with E-state index in [0.29, 0.717) is 88.7 Å². The molecule has 12 heteroatoms. The minimum absolute atomic E-state index is 0.00362. The van der Waals surface area contributed by atoms with E-state index in [0.717, 1.165) is 39.8 Å². The minimum Gasteiger partial charge on any atom is -0.356 e. The monoisotopic (exact) mass is 874 g/mol. The number of nitrogens with zero attached hydrogens (tertiary/aromatic N) is 4. The molecule has 0 bridgehead atoms. The van der Waals surface area contributed by atoms with Crippen molar-refractivity contribution < 1.29 is 33.6 Å². The van der Waals surface area contributed by atoms with Crippen LogP contribution in [-0.4, -0.2) is 65.3 Å². The van der Waals surface area contributed by atoms with Gasteiger partial charge in [-0.1, -0.05) is 84.0 Å². The summed E-state index contributed by atoms with van der Waals surface area (Å²) in [5, 5.41) is 12.3. The van der Waals surface area contributed by atoms with Crippen LogP contribution in [0.1, 0.15) is 133 Å². The molecule has 0 aromatic heterocycles. The number of allylic oxidation sites excluding steroid dienone is 2. The van der Waals surface area contributed by atoms with Crippen LogP contribution >= 0.6 is 0 Å². The van der Waals surface area contributed by atoms with Gasteiger partial charge in [-0.25, -0.2) is 9.80 Å². The van der Waals surface area contributed by atoms with E-state index in [-0.39, 0.29) is 60.0 Å². The summed E-state index contributed by atoms with van der Waals surface area (Å²) in [5.74, 6) is -2.43. The van der Waals surface area contributed by atoms with Gasteiger partial charge in [0, 0.05) is 45.0 Å². The van der Waals surface area contributed by atoms with Crippen LogP contribution in [0.3, 0.4) is 0 Å². The van der Waals surface area contributed by atoms with Gasteiger partial charge < -0.3 is 10.2 Å². The van der Waals surface area contributed by atoms with Crippen LogP contribution in [0.2, 0.25) is 0 Å². The smallest absolute Gasteiger partial charge is 0.258 e. The first-order valence-corrected chi connectivity index (χ1v) is 23.1. The number of carbonyl (C=O) groups is 7. The van der Waals surface area contributed by atoms with E-state index in [2.05, 4.69) is 42.2 Å². The SMILES string of the molecule is C=CC(CC/C=C/CC(=O)NCCCC(C)CN(C(C)=O)C1CC(=O)N(c2c(CC)cc(Cc3cc(CC)c(N4C(=O)C=CC4=O)c(CC)c3)cc2CC)C1=O)CC(C#N)C(=O)CC. The minimum atomic E-state index is -0.913. The van der Waals surface area contributed by atoms with Crippen LogP contribution in [0.4, 0.5) is 11.4 Å². The molecule has 0 saturated carbocycles. The van der Waals surface area contributed by atoms with Crippen molar-refractivity contribution in [2.24, 2.45) is 17.8 Å². The highest BCUT2D eigenvalue weighted by Crippen LogP contribution is 2.36. The summed E-state index contributed by atoms with van der Waals surface area (Å²) in [5.41, 5.74) is 6.89. The molecule has 2 aromatic rings. The Hall–Kier alpha value is -5.96. The summed E-state index contributed by atoms with van der Waals surface area (Å²) < 4.78 is 0. The summed E-state index contributed by atoms with van der Waals surface area (Å²) in [7, 11) is 0. The lowest BCUT2D eigenvalue weighted by Gasteiger charge is -2.30. The van der Waals surface area contributed by atoms with Gasteiger partial charge in [0.1, 0.15) is 17.7 Å². The third-order valence-corrected chi connectivity index (χ3v) is 12.4. The Kier molecular flexibility index (Phi) is 19.2. The maximum Gasteiger partial charge on any atom is 0.258 e. The van der Waals surface area contributed by atoms with Crippen LogP contribution in [0.25, 0.3) is 0 Å². The third kappa shape index (κ3) is 12.6. The van der Waals surface area contributed by atoms with Crippen LogP contribution < -0.4 is 15.1 Å². The molecule has 2 aliphatic heterocycles. The Labute approximate surface area is 379 Å². The largest absolute Gasteiger partial charge is 0.356 e. The van der Waals surface area contributed by atoms with E-state index < -0.39 is 17.9 Å². The molecule has 1 N–H and O–H groups in total. The average Bonchev–Trinajstić information content (AvgIpc) is 3.77. The molecule has 6 amide bonds. The van der Waals surface area contributed by atoms with Crippen molar-refractivity contribution >= 4 is 52.6 Å². The molecule has 0 aliphatic carbocycles. The van der Waals surface area contributed by atoms with Gasteiger partial charge in [-0.2, -0.15) is 5.26 Å². The topological polar surface area (TPSA) is 165 Å². The standard InChI is InChI=1S/C52H67N5O7/c1-9-36(26-43(32-53)45(59)14-6)20-16-15-17-21-46(60)54-24-18-19-34(7)33-55(35(8)58)44-31-49(63)57(52(44)64)51-41(12-4)29-38(30-42(51)13-5)25-37-27-39(10-2)50(40(11-3)28-37)56-47(61)22-23-48(56)62/h9,15,17,22-23,27-30,34,36,43-44H,1,10-14,16,18-21,24-26,31,33H2,2-8H3,(H,54,60)/b17-15+. The van der Waals surface area contributed by atoms with E-state index in [1.54, 1.807) is 13.0 Å². The number of nitriles is 1. The van der Waals surface area contributed by atoms with Crippen molar-refractivity contribution in [2.45, 2.75) is 138 Å². The molecule has 4 unspecified atom stereocenters. The van der Waals surface area contributed by atoms with Gasteiger partial charge in [-0.05, 0) is 109 Å². The van der Waals surface area contributed by atoms with E-state index in [1.165, 1.54) is 33.8 Å². The van der Waals surface area contributed by atoms with Gasteiger partial charge in [0.05, 0.1) is 23.9 Å². The predicted molar refractivity (Wildman–Crippen MR) is 250 cm³/mol. The number of carbonyl (C=O) groups excluding carboxylic acids is 7. The predicted octanol–water partition coefficient (Wildman–Crippen LogP) is 8.01. The highest BCUT2D eigenvalue weighted by Gasteiger charge is 2.45. The summed E-state index contributed by atoms with van der Waals surface area (Å²) in [6.07, 6.45) is 14.9. The number of benzene rings is 2. The Bertz CT molecular complexity index is 2130. The number of anilines is 2. The molecule has 0 spiro atoms. The molecule has 2 aliphatic rings. The van der Waals surface area contributed by atoms with Gasteiger partial charge >= 0.3 is 0 Å². The molecule has 4 rings (SSSR count). The van der Waals surface area contributed by atoms with Gasteiger partial charge in [-0.15, -0.1) is 6.58 Å². The maximum atomic E-state index is 14.3. The van der Waals surface area contributed by atoms with Crippen LogP contribution in [0.5, 0.6) is 0 Å². The summed E-state index contributed by atoms with van der Waals surface area (Å²) in [4.78, 5) is 95.0. The number of hydrogen-bond donors (Lipinski definition) is 1. The molecule has 0 radical (unpaired) electrons. The fourth-order valence-electron chi connectivity index (χ4n) is 8.88. The van der Waals surface area contributed by atoms with Gasteiger partial charge in [0.2, 0.25) is 17.7 Å². The zero-order valence-corrected chi connectivity index (χ0v) is 39.0. The van der Waals surface area contributed by atoms with E-state index in [1.807, 2.05) is 46.8 Å². The Morgan fingerprint density at radius 1 is 0.859 bits per heavy atom. The van der Waals surface area contributed by atoms with Crippen molar-refractivity contribution in [1.29, 1.82) is 5.26 Å². The number of Topliss-reactive ketones (excluding diaryl/α,β-unsaturated/α-hetero) is 1. The Morgan fingerprint density at radius 2 is 1.41 bits per heavy atom. The molecule has 1 saturated heterocycles. The van der Waals surface area contributed by atoms with E-state index >= 15 is 0 Å². The van der Waals surface area contributed by atoms with Crippen LogP contribution in [-0.2, 0) is 65.7 Å². The zero-order chi connectivity index (χ0) is 47.1. The van der Waals surface area contributed by atoms with Gasteiger partial charge in [0.25, 0.3) is 17.7 Å². The summed E-state index contributed by atoms with van der Waals surface area (Å²) in [6.45, 7) is 17.8. The lowest BCUT2D eigenvalue weighted by Crippen LogP contribution is -2.46. The molecule has 2 aromatic carbocycles. The van der Waals surface area contributed by atoms with Crippen molar-refractivity contribution in [1.82, 2.24) is 10.2 Å². The fourth-order valence-corrected chi connectivity index (χ4v) is 8.88. The first-order chi connectivity index (χ1) is 30.7. The number of ketones is 1. The first kappa shape index (κ1) is 50.7. The number of nitrogens with one attached hydrogen (secondary N) is 1. The fraction of sp³-hybridized carbons (Fsp3) is 0.500. The summed E-state index contributed by atoms with van der Waals surface area (Å²) >= 11 is 0. The van der Waals surface area contributed by atoms with Crippen LogP contribution in [0.15, 0.2) is 61.2 Å². The lowest BCUT2D eigenvalue weighted by molar-refractivity contribution is -0.137. The van der Waals surface area contributed by atoms with Crippen molar-refractivity contribution in [2.75, 3.05) is 22.9 Å². The van der Waals surface area contributed by atoms with Crippen molar-refractivity contribution in [3.63, 3.8) is 0 Å². The first-order valence-electron chi connectivity index (χ1n) is 23.1. The second-order valence-corrected chi connectivity index (χ2v) is 17.0. The highest BCUT2D eigenvalue weighted by molar-refractivity contribution is 6.28.